The van der Waals surface area contributed by atoms with Gasteiger partial charge in [0.2, 0.25) is 5.91 Å². The van der Waals surface area contributed by atoms with Crippen LogP contribution in [0.2, 0.25) is 0 Å². The molecule has 9 heteroatoms. The Morgan fingerprint density at radius 3 is 2.77 bits per heavy atom. The molecular formula is C21H27ClN6O2. The van der Waals surface area contributed by atoms with Crippen LogP contribution < -0.4 is 10.6 Å². The van der Waals surface area contributed by atoms with Gasteiger partial charge < -0.3 is 15.5 Å². The number of nitrogens with zero attached hydrogens (tertiary/aromatic N) is 4. The first-order valence-electron chi connectivity index (χ1n) is 10.5. The molecular weight excluding hydrogens is 404 g/mol. The lowest BCUT2D eigenvalue weighted by molar-refractivity contribution is -0.148. The zero-order valence-electron chi connectivity index (χ0n) is 16.7. The average Bonchev–Trinajstić information content (AvgIpc) is 3.29. The number of fused-ring (bicyclic) bond motifs is 4. The molecule has 30 heavy (non-hydrogen) atoms. The van der Waals surface area contributed by atoms with Gasteiger partial charge in [0, 0.05) is 25.6 Å². The van der Waals surface area contributed by atoms with Gasteiger partial charge in [0.25, 0.3) is 5.91 Å². The second-order valence-corrected chi connectivity index (χ2v) is 8.34. The van der Waals surface area contributed by atoms with Crippen LogP contribution in [0.1, 0.15) is 36.0 Å². The normalized spacial score (nSPS) is 27.7. The van der Waals surface area contributed by atoms with Crippen LogP contribution >= 0.6 is 12.4 Å². The quantitative estimate of drug-likeness (QED) is 0.765. The van der Waals surface area contributed by atoms with Gasteiger partial charge in [0.1, 0.15) is 12.7 Å². The summed E-state index contributed by atoms with van der Waals surface area (Å²) in [5, 5.41) is 14.3. The van der Waals surface area contributed by atoms with Crippen molar-refractivity contribution in [3.8, 4) is 5.69 Å². The summed E-state index contributed by atoms with van der Waals surface area (Å²) in [4.78, 5) is 27.9. The molecule has 5 rings (SSSR count). The minimum Gasteiger partial charge on any atom is -0.350 e. The van der Waals surface area contributed by atoms with E-state index in [1.54, 1.807) is 23.3 Å². The van der Waals surface area contributed by atoms with Crippen LogP contribution in [0.5, 0.6) is 0 Å². The predicted octanol–water partition coefficient (Wildman–Crippen LogP) is 1.41. The van der Waals surface area contributed by atoms with E-state index in [1.165, 1.54) is 0 Å². The number of rotatable bonds is 4. The van der Waals surface area contributed by atoms with E-state index in [-0.39, 0.29) is 30.3 Å². The third-order valence-electron chi connectivity index (χ3n) is 6.72. The Balaban J connectivity index is 0.00000218. The van der Waals surface area contributed by atoms with Crippen molar-refractivity contribution in [3.05, 3.63) is 42.5 Å². The third-order valence-corrected chi connectivity index (χ3v) is 6.72. The molecule has 3 saturated heterocycles. The van der Waals surface area contributed by atoms with Crippen LogP contribution in [0.4, 0.5) is 0 Å². The van der Waals surface area contributed by atoms with E-state index in [0.717, 1.165) is 38.0 Å². The van der Waals surface area contributed by atoms with Gasteiger partial charge in [0.05, 0.1) is 17.3 Å². The monoisotopic (exact) mass is 430 g/mol. The largest absolute Gasteiger partial charge is 0.350 e. The van der Waals surface area contributed by atoms with Crippen LogP contribution in [0.3, 0.4) is 0 Å². The summed E-state index contributed by atoms with van der Waals surface area (Å²) in [6.45, 7) is 2.39. The molecule has 3 aliphatic heterocycles. The molecule has 0 spiro atoms. The summed E-state index contributed by atoms with van der Waals surface area (Å²) in [5.74, 6) is 1.04. The zero-order valence-corrected chi connectivity index (χ0v) is 17.6. The van der Waals surface area contributed by atoms with Crippen LogP contribution in [0, 0.1) is 11.8 Å². The first-order chi connectivity index (χ1) is 14.2. The molecule has 2 N–H and O–H groups in total. The fourth-order valence-electron chi connectivity index (χ4n) is 5.41. The molecule has 1 aromatic carbocycles. The Bertz CT molecular complexity index is 905. The van der Waals surface area contributed by atoms with Crippen molar-refractivity contribution in [3.63, 3.8) is 0 Å². The van der Waals surface area contributed by atoms with E-state index < -0.39 is 0 Å². The molecule has 0 aliphatic carbocycles. The van der Waals surface area contributed by atoms with Gasteiger partial charge in [-0.3, -0.25) is 14.2 Å². The van der Waals surface area contributed by atoms with E-state index >= 15 is 0 Å². The van der Waals surface area contributed by atoms with Gasteiger partial charge in [-0.2, -0.15) is 0 Å². The van der Waals surface area contributed by atoms with E-state index in [1.807, 2.05) is 18.2 Å². The summed E-state index contributed by atoms with van der Waals surface area (Å²) < 4.78 is 1.73. The van der Waals surface area contributed by atoms with Gasteiger partial charge in [-0.15, -0.1) is 22.6 Å². The zero-order chi connectivity index (χ0) is 19.8. The molecule has 2 amide bonds. The van der Waals surface area contributed by atoms with Crippen LogP contribution in [-0.4, -0.2) is 63.2 Å². The molecule has 4 heterocycles. The fourth-order valence-corrected chi connectivity index (χ4v) is 5.41. The topological polar surface area (TPSA) is 92.2 Å². The summed E-state index contributed by atoms with van der Waals surface area (Å²) in [5.41, 5.74) is 1.31. The van der Waals surface area contributed by atoms with Crippen molar-refractivity contribution in [2.24, 2.45) is 11.8 Å². The van der Waals surface area contributed by atoms with Crippen molar-refractivity contribution >= 4 is 24.2 Å². The summed E-state index contributed by atoms with van der Waals surface area (Å²) in [6.07, 6.45) is 6.98. The smallest absolute Gasteiger partial charge is 0.253 e. The number of para-hydroxylation sites is 1. The number of carbonyl (C=O) groups is 2. The van der Waals surface area contributed by atoms with Crippen molar-refractivity contribution in [1.29, 1.82) is 0 Å². The Labute approximate surface area is 181 Å². The Kier molecular flexibility index (Phi) is 6.06. The van der Waals surface area contributed by atoms with Crippen LogP contribution in [0.25, 0.3) is 5.69 Å². The van der Waals surface area contributed by atoms with Crippen molar-refractivity contribution in [2.45, 2.75) is 37.8 Å². The second-order valence-electron chi connectivity index (χ2n) is 8.34. The number of hydrogen-bond acceptors (Lipinski definition) is 5. The van der Waals surface area contributed by atoms with Gasteiger partial charge in [-0.1, -0.05) is 12.1 Å². The lowest BCUT2D eigenvalue weighted by Crippen LogP contribution is -2.66. The number of benzene rings is 1. The molecule has 0 radical (unpaired) electrons. The average molecular weight is 431 g/mol. The highest BCUT2D eigenvalue weighted by molar-refractivity contribution is 5.97. The highest BCUT2D eigenvalue weighted by atomic mass is 35.5. The minimum absolute atomic E-state index is 0. The van der Waals surface area contributed by atoms with E-state index in [4.69, 9.17) is 0 Å². The maximum absolute atomic E-state index is 13.0. The lowest BCUT2D eigenvalue weighted by Gasteiger charge is -2.54. The lowest BCUT2D eigenvalue weighted by atomic mass is 9.72. The minimum atomic E-state index is -0.138. The van der Waals surface area contributed by atoms with E-state index in [9.17, 15) is 9.59 Å². The first-order valence-corrected chi connectivity index (χ1v) is 10.5. The van der Waals surface area contributed by atoms with Crippen molar-refractivity contribution < 1.29 is 9.59 Å². The van der Waals surface area contributed by atoms with Gasteiger partial charge in [0.15, 0.2) is 0 Å². The standard InChI is InChI=1S/C21H26N6O2.ClH/c28-20-7-3-6-17-14-8-15(10-22-9-14)19(27(17)20)11-23-21(29)16-4-1-2-5-18(16)26-12-24-25-13-26;/h1-2,4-5,12-15,17,19,22H,3,6-11H2,(H,23,29);1H/t14-,15+,17+,19+;/m1./s1. The second kappa shape index (κ2) is 8.73. The van der Waals surface area contributed by atoms with Crippen molar-refractivity contribution in [2.75, 3.05) is 19.6 Å². The molecule has 8 nitrogen and oxygen atoms in total. The van der Waals surface area contributed by atoms with Gasteiger partial charge in [-0.05, 0) is 49.8 Å². The maximum Gasteiger partial charge on any atom is 0.253 e. The Hall–Kier alpha value is -2.45. The molecule has 160 valence electrons. The molecule has 2 bridgehead atoms. The summed E-state index contributed by atoms with van der Waals surface area (Å²) in [7, 11) is 0. The number of amides is 2. The molecule has 4 atom stereocenters. The van der Waals surface area contributed by atoms with Crippen molar-refractivity contribution in [1.82, 2.24) is 30.3 Å². The van der Waals surface area contributed by atoms with E-state index in [0.29, 0.717) is 36.4 Å². The van der Waals surface area contributed by atoms with E-state index in [2.05, 4.69) is 25.7 Å². The Morgan fingerprint density at radius 2 is 1.93 bits per heavy atom. The SMILES string of the molecule is Cl.O=C(NC[C@H]1[C@@H]2CNC[C@@H](C2)[C@@H]2CCCC(=O)N21)c1ccccc1-n1cnnc1. The number of piperidine rings is 3. The molecule has 0 unspecified atom stereocenters. The van der Waals surface area contributed by atoms with Gasteiger partial charge >= 0.3 is 0 Å². The number of carbonyl (C=O) groups excluding carboxylic acids is 2. The molecule has 3 aliphatic rings. The van der Waals surface area contributed by atoms with Crippen LogP contribution in [0.15, 0.2) is 36.9 Å². The van der Waals surface area contributed by atoms with Crippen LogP contribution in [-0.2, 0) is 4.79 Å². The molecule has 2 aromatic rings. The first kappa shape index (κ1) is 20.8. The maximum atomic E-state index is 13.0. The summed E-state index contributed by atoms with van der Waals surface area (Å²) >= 11 is 0. The molecule has 1 aromatic heterocycles. The third kappa shape index (κ3) is 3.70. The predicted molar refractivity (Wildman–Crippen MR) is 114 cm³/mol. The fraction of sp³-hybridized carbons (Fsp3) is 0.524. The summed E-state index contributed by atoms with van der Waals surface area (Å²) in [6, 6.07) is 7.79. The Morgan fingerprint density at radius 1 is 1.17 bits per heavy atom. The highest BCUT2D eigenvalue weighted by Crippen LogP contribution is 2.39. The number of aromatic nitrogens is 3. The number of nitrogens with one attached hydrogen (secondary N) is 2. The van der Waals surface area contributed by atoms with Gasteiger partial charge in [-0.25, -0.2) is 0 Å². The molecule has 3 fully saturated rings. The highest BCUT2D eigenvalue weighted by Gasteiger charge is 2.47. The number of hydrogen-bond donors (Lipinski definition) is 2. The molecule has 0 saturated carbocycles. The number of halogens is 1.